The Morgan fingerprint density at radius 3 is 2.90 bits per heavy atom. The molecule has 0 aliphatic carbocycles. The van der Waals surface area contributed by atoms with Crippen molar-refractivity contribution in [3.05, 3.63) is 46.4 Å². The van der Waals surface area contributed by atoms with Crippen molar-refractivity contribution in [3.63, 3.8) is 0 Å². The van der Waals surface area contributed by atoms with E-state index in [1.165, 1.54) is 4.88 Å². The fraction of sp³-hybridized carbons (Fsp3) is 0.267. The van der Waals surface area contributed by atoms with Crippen molar-refractivity contribution in [2.45, 2.75) is 18.8 Å². The number of hydrogen-bond acceptors (Lipinski definition) is 3. The van der Waals surface area contributed by atoms with Crippen LogP contribution in [0.2, 0.25) is 0 Å². The van der Waals surface area contributed by atoms with E-state index in [1.807, 2.05) is 12.1 Å². The number of aryl methyl sites for hydroxylation is 2. The number of rotatable bonds is 5. The summed E-state index contributed by atoms with van der Waals surface area (Å²) in [7, 11) is 1.67. The summed E-state index contributed by atoms with van der Waals surface area (Å²) < 4.78 is 7.56. The van der Waals surface area contributed by atoms with Gasteiger partial charge in [-0.05, 0) is 30.0 Å². The van der Waals surface area contributed by atoms with Crippen LogP contribution in [0.1, 0.15) is 10.7 Å². The predicted molar refractivity (Wildman–Crippen MR) is 83.9 cm³/mol. The van der Waals surface area contributed by atoms with Gasteiger partial charge in [0, 0.05) is 11.4 Å². The van der Waals surface area contributed by atoms with Gasteiger partial charge in [-0.25, -0.2) is 4.98 Å². The van der Waals surface area contributed by atoms with Gasteiger partial charge in [0.25, 0.3) is 0 Å². The number of imidazole rings is 1. The molecule has 0 saturated carbocycles. The molecule has 0 bridgehead atoms. The predicted octanol–water partition coefficient (Wildman–Crippen LogP) is 4.09. The van der Waals surface area contributed by atoms with Gasteiger partial charge in [-0.15, -0.1) is 22.9 Å². The second-order valence-corrected chi connectivity index (χ2v) is 5.77. The van der Waals surface area contributed by atoms with Crippen LogP contribution in [0.15, 0.2) is 35.7 Å². The Balaban J connectivity index is 1.99. The average Bonchev–Trinajstić information content (AvgIpc) is 3.11. The maximum atomic E-state index is 6.04. The molecule has 0 amide bonds. The first-order valence-electron chi connectivity index (χ1n) is 6.44. The third-order valence-electron chi connectivity index (χ3n) is 3.32. The van der Waals surface area contributed by atoms with E-state index in [-0.39, 0.29) is 0 Å². The summed E-state index contributed by atoms with van der Waals surface area (Å²) in [5.74, 6) is 2.09. The monoisotopic (exact) mass is 306 g/mol. The van der Waals surface area contributed by atoms with Crippen molar-refractivity contribution >= 4 is 34.0 Å². The van der Waals surface area contributed by atoms with E-state index < -0.39 is 0 Å². The van der Waals surface area contributed by atoms with Crippen LogP contribution in [-0.2, 0) is 18.8 Å². The lowest BCUT2D eigenvalue weighted by Gasteiger charge is -2.07. The lowest BCUT2D eigenvalue weighted by molar-refractivity contribution is 0.419. The molecule has 2 aromatic heterocycles. The van der Waals surface area contributed by atoms with E-state index in [1.54, 1.807) is 18.4 Å². The van der Waals surface area contributed by atoms with Gasteiger partial charge in [-0.2, -0.15) is 0 Å². The summed E-state index contributed by atoms with van der Waals surface area (Å²) in [5, 5.41) is 2.10. The molecule has 5 heteroatoms. The van der Waals surface area contributed by atoms with Crippen molar-refractivity contribution in [3.8, 4) is 5.75 Å². The summed E-state index contributed by atoms with van der Waals surface area (Å²) in [6.07, 6.45) is 0.990. The van der Waals surface area contributed by atoms with Gasteiger partial charge in [-0.3, -0.25) is 0 Å². The number of fused-ring (bicyclic) bond motifs is 1. The molecular weight excluding hydrogens is 292 g/mol. The van der Waals surface area contributed by atoms with E-state index in [0.717, 1.165) is 35.6 Å². The highest BCUT2D eigenvalue weighted by molar-refractivity contribution is 7.09. The zero-order valence-electron chi connectivity index (χ0n) is 11.2. The average molecular weight is 307 g/mol. The van der Waals surface area contributed by atoms with Crippen molar-refractivity contribution in [1.29, 1.82) is 0 Å². The summed E-state index contributed by atoms with van der Waals surface area (Å²) in [4.78, 5) is 5.98. The fourth-order valence-corrected chi connectivity index (χ4v) is 3.26. The number of para-hydroxylation sites is 1. The van der Waals surface area contributed by atoms with Gasteiger partial charge in [0.05, 0.1) is 18.5 Å². The standard InChI is InChI=1S/C15H15ClN2OS/c1-19-13-6-2-5-12-15(13)17-14(10-16)18(12)8-7-11-4-3-9-20-11/h2-6,9H,7-8,10H2,1H3. The zero-order chi connectivity index (χ0) is 13.9. The molecule has 0 spiro atoms. The van der Waals surface area contributed by atoms with E-state index in [4.69, 9.17) is 16.3 Å². The number of ether oxygens (including phenoxy) is 1. The molecule has 3 rings (SSSR count). The van der Waals surface area contributed by atoms with Gasteiger partial charge in [0.1, 0.15) is 17.1 Å². The van der Waals surface area contributed by atoms with E-state index in [0.29, 0.717) is 5.88 Å². The Hall–Kier alpha value is -1.52. The summed E-state index contributed by atoms with van der Waals surface area (Å²) >= 11 is 7.82. The molecule has 0 N–H and O–H groups in total. The fourth-order valence-electron chi connectivity index (χ4n) is 2.36. The molecule has 3 aromatic rings. The third kappa shape index (κ3) is 2.41. The van der Waals surface area contributed by atoms with Crippen molar-refractivity contribution in [2.24, 2.45) is 0 Å². The lowest BCUT2D eigenvalue weighted by atomic mass is 10.3. The number of thiophene rings is 1. The van der Waals surface area contributed by atoms with E-state index in [2.05, 4.69) is 33.1 Å². The second-order valence-electron chi connectivity index (χ2n) is 4.47. The Labute approximate surface area is 126 Å². The first-order valence-corrected chi connectivity index (χ1v) is 7.85. The van der Waals surface area contributed by atoms with Gasteiger partial charge < -0.3 is 9.30 Å². The lowest BCUT2D eigenvalue weighted by Crippen LogP contribution is -2.04. The molecule has 20 heavy (non-hydrogen) atoms. The molecular formula is C15H15ClN2OS. The number of halogens is 1. The third-order valence-corrected chi connectivity index (χ3v) is 4.50. The Morgan fingerprint density at radius 2 is 2.20 bits per heavy atom. The van der Waals surface area contributed by atoms with Crippen LogP contribution in [0.5, 0.6) is 5.75 Å². The quantitative estimate of drug-likeness (QED) is 0.664. The molecule has 1 aromatic carbocycles. The number of hydrogen-bond donors (Lipinski definition) is 0. The first-order chi connectivity index (χ1) is 9.83. The number of alkyl halides is 1. The van der Waals surface area contributed by atoms with Gasteiger partial charge in [0.2, 0.25) is 0 Å². The Morgan fingerprint density at radius 1 is 1.30 bits per heavy atom. The zero-order valence-corrected chi connectivity index (χ0v) is 12.7. The van der Waals surface area contributed by atoms with Gasteiger partial charge >= 0.3 is 0 Å². The molecule has 0 aliphatic heterocycles. The van der Waals surface area contributed by atoms with Crippen LogP contribution in [0, 0.1) is 0 Å². The van der Waals surface area contributed by atoms with Crippen molar-refractivity contribution < 1.29 is 4.74 Å². The first kappa shape index (κ1) is 13.5. The summed E-state index contributed by atoms with van der Waals surface area (Å²) in [6.45, 7) is 0.881. The molecule has 2 heterocycles. The smallest absolute Gasteiger partial charge is 0.146 e. The van der Waals surface area contributed by atoms with Gasteiger partial charge in [-0.1, -0.05) is 12.1 Å². The molecule has 0 radical (unpaired) electrons. The highest BCUT2D eigenvalue weighted by atomic mass is 35.5. The van der Waals surface area contributed by atoms with Crippen LogP contribution in [0.25, 0.3) is 11.0 Å². The van der Waals surface area contributed by atoms with E-state index >= 15 is 0 Å². The second kappa shape index (κ2) is 5.85. The minimum Gasteiger partial charge on any atom is -0.494 e. The van der Waals surface area contributed by atoms with Crippen molar-refractivity contribution in [2.75, 3.05) is 7.11 Å². The normalized spacial score (nSPS) is 11.1. The highest BCUT2D eigenvalue weighted by Gasteiger charge is 2.13. The Bertz CT molecular complexity index is 706. The van der Waals surface area contributed by atoms with Crippen LogP contribution in [0.3, 0.4) is 0 Å². The number of aromatic nitrogens is 2. The minimum atomic E-state index is 0.405. The van der Waals surface area contributed by atoms with Crippen LogP contribution in [-0.4, -0.2) is 16.7 Å². The molecule has 0 fully saturated rings. The number of nitrogens with zero attached hydrogens (tertiary/aromatic N) is 2. The number of benzene rings is 1. The van der Waals surface area contributed by atoms with Crippen LogP contribution < -0.4 is 4.74 Å². The van der Waals surface area contributed by atoms with Crippen LogP contribution in [0.4, 0.5) is 0 Å². The minimum absolute atomic E-state index is 0.405. The summed E-state index contributed by atoms with van der Waals surface area (Å²) in [6, 6.07) is 10.2. The highest BCUT2D eigenvalue weighted by Crippen LogP contribution is 2.27. The molecule has 0 aliphatic rings. The molecule has 0 atom stereocenters. The van der Waals surface area contributed by atoms with Crippen molar-refractivity contribution in [1.82, 2.24) is 9.55 Å². The molecule has 3 nitrogen and oxygen atoms in total. The largest absolute Gasteiger partial charge is 0.494 e. The molecule has 104 valence electrons. The Kier molecular flexibility index (Phi) is 3.94. The molecule has 0 saturated heterocycles. The maximum absolute atomic E-state index is 6.04. The molecule has 0 unspecified atom stereocenters. The van der Waals surface area contributed by atoms with E-state index in [9.17, 15) is 0 Å². The topological polar surface area (TPSA) is 27.1 Å². The maximum Gasteiger partial charge on any atom is 0.146 e. The SMILES string of the molecule is COc1cccc2c1nc(CCl)n2CCc1cccs1. The van der Waals surface area contributed by atoms with Crippen LogP contribution >= 0.6 is 22.9 Å². The number of methoxy groups -OCH3 is 1. The van der Waals surface area contributed by atoms with Gasteiger partial charge in [0.15, 0.2) is 0 Å². The summed E-state index contributed by atoms with van der Waals surface area (Å²) in [5.41, 5.74) is 1.97.